The molecule has 3 amide bonds. The Morgan fingerprint density at radius 1 is 1.02 bits per heavy atom. The van der Waals surface area contributed by atoms with Gasteiger partial charge in [0.05, 0.1) is 27.5 Å². The summed E-state index contributed by atoms with van der Waals surface area (Å²) >= 11 is 9.28. The summed E-state index contributed by atoms with van der Waals surface area (Å²) in [4.78, 5) is 71.1. The second-order valence-electron chi connectivity index (χ2n) is 12.7. The number of nitrogens with zero attached hydrogens (tertiary/aromatic N) is 3. The van der Waals surface area contributed by atoms with Crippen LogP contribution in [0, 0.1) is 39.7 Å². The molecule has 0 radical (unpaired) electrons. The zero-order valence-corrected chi connectivity index (χ0v) is 26.8. The molecule has 11 nitrogen and oxygen atoms in total. The number of nitrogens with one attached hydrogen (secondary N) is 1. The van der Waals surface area contributed by atoms with E-state index in [1.807, 2.05) is 11.0 Å². The SMILES string of the molecule is O=C(COc1ccc(Cl)cc1[C@H]1c2sc(=O)[nH]c2SC2C3CC(C4C(=O)N(c5ccc([N+](=O)[O-])cc5)C(=O)C34)C21)N1CCCCC1. The fourth-order valence-electron chi connectivity index (χ4n) is 8.61. The summed E-state index contributed by atoms with van der Waals surface area (Å²) in [5, 5.41) is 12.4. The van der Waals surface area contributed by atoms with Gasteiger partial charge >= 0.3 is 4.87 Å². The van der Waals surface area contributed by atoms with Crippen molar-refractivity contribution in [3.05, 3.63) is 77.7 Å². The van der Waals surface area contributed by atoms with Crippen LogP contribution in [0.2, 0.25) is 5.02 Å². The lowest BCUT2D eigenvalue weighted by atomic mass is 9.68. The smallest absolute Gasteiger partial charge is 0.305 e. The van der Waals surface area contributed by atoms with Crippen molar-refractivity contribution in [2.45, 2.75) is 41.9 Å². The van der Waals surface area contributed by atoms with Gasteiger partial charge in [0.25, 0.3) is 11.6 Å². The number of halogens is 1. The highest BCUT2D eigenvalue weighted by Gasteiger charge is 2.70. The number of anilines is 1. The minimum absolute atomic E-state index is 0.0515. The number of imide groups is 1. The van der Waals surface area contributed by atoms with E-state index in [1.54, 1.807) is 23.9 Å². The maximum atomic E-state index is 14.0. The molecule has 3 aromatic rings. The molecule has 238 valence electrons. The van der Waals surface area contributed by atoms with Crippen LogP contribution < -0.4 is 14.5 Å². The normalized spacial score (nSPS) is 29.5. The molecule has 2 saturated carbocycles. The van der Waals surface area contributed by atoms with Gasteiger partial charge in [0.2, 0.25) is 11.8 Å². The lowest BCUT2D eigenvalue weighted by molar-refractivity contribution is -0.384. The van der Waals surface area contributed by atoms with Crippen LogP contribution >= 0.6 is 34.7 Å². The van der Waals surface area contributed by atoms with Crippen LogP contribution in [0.3, 0.4) is 0 Å². The molecule has 7 atom stereocenters. The highest BCUT2D eigenvalue weighted by molar-refractivity contribution is 8.00. The number of H-pyrrole nitrogens is 1. The van der Waals surface area contributed by atoms with Crippen LogP contribution in [0.15, 0.2) is 52.3 Å². The van der Waals surface area contributed by atoms with Gasteiger partial charge in [-0.05, 0) is 73.8 Å². The third kappa shape index (κ3) is 4.61. The highest BCUT2D eigenvalue weighted by atomic mass is 35.5. The number of amides is 3. The fraction of sp³-hybridized carbons (Fsp3) is 0.438. The molecule has 5 aliphatic rings. The first-order valence-electron chi connectivity index (χ1n) is 15.4. The average molecular weight is 681 g/mol. The number of piperidine rings is 1. The number of nitro groups is 1. The maximum Gasteiger partial charge on any atom is 0.305 e. The van der Waals surface area contributed by atoms with E-state index in [2.05, 4.69) is 4.98 Å². The minimum Gasteiger partial charge on any atom is -0.483 e. The van der Waals surface area contributed by atoms with Crippen LogP contribution in [0.1, 0.15) is 42.0 Å². The number of carbonyl (C=O) groups excluding carboxylic acids is 3. The van der Waals surface area contributed by atoms with Gasteiger partial charge in [0.1, 0.15) is 5.75 Å². The molecule has 0 spiro atoms. The monoisotopic (exact) mass is 680 g/mol. The van der Waals surface area contributed by atoms with Crippen LogP contribution in [0.5, 0.6) is 5.75 Å². The molecule has 2 bridgehead atoms. The van der Waals surface area contributed by atoms with E-state index in [1.165, 1.54) is 29.2 Å². The Hall–Kier alpha value is -3.68. The molecule has 3 aliphatic heterocycles. The summed E-state index contributed by atoms with van der Waals surface area (Å²) in [6.07, 6.45) is 3.76. The Kier molecular flexibility index (Phi) is 7.26. The van der Waals surface area contributed by atoms with Gasteiger partial charge in [-0.2, -0.15) is 0 Å². The van der Waals surface area contributed by atoms with Crippen molar-refractivity contribution in [2.24, 2.45) is 29.6 Å². The summed E-state index contributed by atoms with van der Waals surface area (Å²) in [7, 11) is 0. The lowest BCUT2D eigenvalue weighted by Gasteiger charge is -2.43. The second-order valence-corrected chi connectivity index (χ2v) is 15.3. The van der Waals surface area contributed by atoms with Gasteiger partial charge in [-0.1, -0.05) is 22.9 Å². The fourth-order valence-corrected chi connectivity index (χ4v) is 11.7. The molecular formula is C32H29ClN4O7S2. The zero-order chi connectivity index (χ0) is 31.9. The number of hydrogen-bond donors (Lipinski definition) is 1. The minimum atomic E-state index is -0.543. The Labute approximate surface area is 276 Å². The molecule has 2 saturated heterocycles. The van der Waals surface area contributed by atoms with Crippen LogP contribution in [-0.4, -0.2) is 57.5 Å². The summed E-state index contributed by atoms with van der Waals surface area (Å²) in [5.74, 6) is -1.87. The largest absolute Gasteiger partial charge is 0.483 e. The number of fused-ring (bicyclic) bond motifs is 9. The number of rotatable bonds is 6. The Morgan fingerprint density at radius 2 is 1.74 bits per heavy atom. The van der Waals surface area contributed by atoms with E-state index in [9.17, 15) is 29.3 Å². The number of thiazole rings is 1. The number of nitro benzene ring substituents is 1. The summed E-state index contributed by atoms with van der Waals surface area (Å²) in [5.41, 5.74) is 0.971. The van der Waals surface area contributed by atoms with Crippen molar-refractivity contribution in [3.63, 3.8) is 0 Å². The zero-order valence-electron chi connectivity index (χ0n) is 24.4. The van der Waals surface area contributed by atoms with E-state index in [0.717, 1.165) is 59.2 Å². The quantitative estimate of drug-likeness (QED) is 0.216. The molecule has 2 aromatic carbocycles. The summed E-state index contributed by atoms with van der Waals surface area (Å²) in [6.45, 7) is 1.32. The number of likely N-dealkylation sites (tertiary alicyclic amines) is 1. The number of thioether (sulfide) groups is 1. The Balaban J connectivity index is 1.15. The lowest BCUT2D eigenvalue weighted by Crippen LogP contribution is -2.43. The molecule has 1 aromatic heterocycles. The number of non-ortho nitro benzene ring substituents is 1. The predicted molar refractivity (Wildman–Crippen MR) is 171 cm³/mol. The summed E-state index contributed by atoms with van der Waals surface area (Å²) in [6, 6.07) is 10.8. The molecule has 4 fully saturated rings. The summed E-state index contributed by atoms with van der Waals surface area (Å²) < 4.78 is 6.22. The Bertz CT molecular complexity index is 1840. The van der Waals surface area contributed by atoms with Gasteiger partial charge in [-0.25, -0.2) is 0 Å². The molecule has 6 unspecified atom stereocenters. The number of hydrogen-bond acceptors (Lipinski definition) is 9. The predicted octanol–water partition coefficient (Wildman–Crippen LogP) is 5.07. The van der Waals surface area contributed by atoms with E-state index in [-0.39, 0.29) is 63.8 Å². The molecular weight excluding hydrogens is 652 g/mol. The van der Waals surface area contributed by atoms with E-state index in [0.29, 0.717) is 22.9 Å². The number of aromatic nitrogens is 1. The van der Waals surface area contributed by atoms with Crippen LogP contribution in [0.25, 0.3) is 0 Å². The number of aromatic amines is 1. The van der Waals surface area contributed by atoms with Crippen molar-refractivity contribution >= 4 is 63.8 Å². The van der Waals surface area contributed by atoms with Crippen LogP contribution in [0.4, 0.5) is 11.4 Å². The van der Waals surface area contributed by atoms with Crippen molar-refractivity contribution < 1.29 is 24.0 Å². The topological polar surface area (TPSA) is 143 Å². The third-order valence-corrected chi connectivity index (χ3v) is 13.2. The third-order valence-electron chi connectivity index (χ3n) is 10.4. The van der Waals surface area contributed by atoms with Gasteiger partial charge < -0.3 is 14.6 Å². The molecule has 4 heterocycles. The van der Waals surface area contributed by atoms with Crippen molar-refractivity contribution in [1.29, 1.82) is 0 Å². The van der Waals surface area contributed by atoms with Crippen molar-refractivity contribution in [2.75, 3.05) is 24.6 Å². The number of benzene rings is 2. The second kappa shape index (κ2) is 11.2. The van der Waals surface area contributed by atoms with Crippen molar-refractivity contribution in [3.8, 4) is 5.75 Å². The molecule has 8 rings (SSSR count). The van der Waals surface area contributed by atoms with Gasteiger partial charge in [0, 0.05) is 51.9 Å². The van der Waals surface area contributed by atoms with E-state index in [4.69, 9.17) is 16.3 Å². The number of carbonyl (C=O) groups is 3. The van der Waals surface area contributed by atoms with Crippen LogP contribution in [-0.2, 0) is 14.4 Å². The van der Waals surface area contributed by atoms with Gasteiger partial charge in [-0.15, -0.1) is 11.8 Å². The highest BCUT2D eigenvalue weighted by Crippen LogP contribution is 2.69. The first kappa shape index (κ1) is 29.7. The number of ether oxygens (including phenoxy) is 1. The Morgan fingerprint density at radius 3 is 2.46 bits per heavy atom. The molecule has 1 N–H and O–H groups in total. The standard InChI is InChI=1S/C32H29ClN4O7S2/c33-15-4-9-21(44-14-22(38)35-10-2-1-3-11-35)18(12-15)23-24-19-13-20(27(24)45-29-28(23)46-32(41)34-29)26-25(19)30(39)36(31(26)40)16-5-7-17(8-6-16)37(42)43/h4-9,12,19-20,23-27H,1-3,10-11,13-14H2,(H,34,41)/t19?,20?,23-,24?,25?,26?,27?/m1/s1. The maximum absolute atomic E-state index is 14.0. The first-order chi connectivity index (χ1) is 22.2. The van der Waals surface area contributed by atoms with E-state index < -0.39 is 16.8 Å². The van der Waals surface area contributed by atoms with E-state index >= 15 is 0 Å². The molecule has 46 heavy (non-hydrogen) atoms. The first-order valence-corrected chi connectivity index (χ1v) is 17.5. The van der Waals surface area contributed by atoms with Gasteiger partial charge in [-0.3, -0.25) is 34.2 Å². The molecule has 2 aliphatic carbocycles. The average Bonchev–Trinajstić information content (AvgIpc) is 3.79. The molecule has 14 heteroatoms. The van der Waals surface area contributed by atoms with Gasteiger partial charge in [0.15, 0.2) is 6.61 Å². The van der Waals surface area contributed by atoms with Crippen molar-refractivity contribution in [1.82, 2.24) is 9.88 Å².